The molecule has 0 aromatic heterocycles. The van der Waals surface area contributed by atoms with Gasteiger partial charge in [-0.2, -0.15) is 11.8 Å². The van der Waals surface area contributed by atoms with E-state index in [1.165, 1.54) is 0 Å². The van der Waals surface area contributed by atoms with Crippen LogP contribution < -0.4 is 0 Å². The Kier molecular flexibility index (Phi) is 3.86. The Labute approximate surface area is 77.5 Å². The van der Waals surface area contributed by atoms with Crippen LogP contribution in [0.15, 0.2) is 0 Å². The van der Waals surface area contributed by atoms with E-state index in [-0.39, 0.29) is 11.9 Å². The third-order valence-corrected chi connectivity index (χ3v) is 5.22. The van der Waals surface area contributed by atoms with Gasteiger partial charge in [-0.15, -0.1) is 0 Å². The van der Waals surface area contributed by atoms with Crippen LogP contribution in [-0.2, 0) is 9.84 Å². The molecule has 3 nitrogen and oxygen atoms in total. The second-order valence-electron chi connectivity index (χ2n) is 2.97. The maximum absolute atomic E-state index is 11.0. The quantitative estimate of drug-likeness (QED) is 0.678. The monoisotopic (exact) mass is 210 g/mol. The van der Waals surface area contributed by atoms with Gasteiger partial charge in [-0.05, 0) is 18.6 Å². The van der Waals surface area contributed by atoms with Crippen molar-refractivity contribution in [1.29, 1.82) is 0 Å². The predicted molar refractivity (Wildman–Crippen MR) is 51.2 cm³/mol. The number of sulfone groups is 1. The van der Waals surface area contributed by atoms with Crippen LogP contribution in [0.2, 0.25) is 0 Å². The van der Waals surface area contributed by atoms with Crippen molar-refractivity contribution < 1.29 is 13.5 Å². The second-order valence-corrected chi connectivity index (χ2v) is 6.61. The van der Waals surface area contributed by atoms with E-state index in [0.29, 0.717) is 11.5 Å². The average molecular weight is 210 g/mol. The molecule has 1 N–H and O–H groups in total. The van der Waals surface area contributed by atoms with Crippen molar-refractivity contribution in [3.8, 4) is 0 Å². The van der Waals surface area contributed by atoms with Crippen LogP contribution in [0.1, 0.15) is 12.8 Å². The lowest BCUT2D eigenvalue weighted by Gasteiger charge is -2.04. The number of thioether (sulfide) groups is 1. The van der Waals surface area contributed by atoms with Gasteiger partial charge in [-0.3, -0.25) is 0 Å². The fraction of sp³-hybridized carbons (Fsp3) is 1.00. The van der Waals surface area contributed by atoms with E-state index in [4.69, 9.17) is 5.11 Å². The topological polar surface area (TPSA) is 54.4 Å². The molecule has 0 aromatic rings. The summed E-state index contributed by atoms with van der Waals surface area (Å²) < 4.78 is 22.0. The van der Waals surface area contributed by atoms with Gasteiger partial charge in [0.15, 0.2) is 9.84 Å². The molecule has 0 aromatic carbocycles. The lowest BCUT2D eigenvalue weighted by molar-refractivity contribution is 0.296. The minimum absolute atomic E-state index is 0.201. The first-order valence-corrected chi connectivity index (χ1v) is 6.94. The third kappa shape index (κ3) is 3.33. The highest BCUT2D eigenvalue weighted by atomic mass is 32.2. The first-order valence-electron chi connectivity index (χ1n) is 4.07. The Morgan fingerprint density at radius 1 is 1.50 bits per heavy atom. The molecular formula is C7H14O3S2. The average Bonchev–Trinajstić information content (AvgIpc) is 2.31. The second kappa shape index (κ2) is 4.48. The lowest BCUT2D eigenvalue weighted by Crippen LogP contribution is -2.07. The molecule has 0 spiro atoms. The summed E-state index contributed by atoms with van der Waals surface area (Å²) in [5, 5.41) is 8.79. The van der Waals surface area contributed by atoms with E-state index in [2.05, 4.69) is 0 Å². The van der Waals surface area contributed by atoms with Gasteiger partial charge in [0.2, 0.25) is 0 Å². The molecule has 12 heavy (non-hydrogen) atoms. The fourth-order valence-corrected chi connectivity index (χ4v) is 4.82. The van der Waals surface area contributed by atoms with Crippen molar-refractivity contribution in [3.05, 3.63) is 0 Å². The van der Waals surface area contributed by atoms with Crippen LogP contribution in [0, 0.1) is 0 Å². The highest BCUT2D eigenvalue weighted by Crippen LogP contribution is 2.24. The Bertz CT molecular complexity index is 223. The van der Waals surface area contributed by atoms with E-state index in [9.17, 15) is 8.42 Å². The summed E-state index contributed by atoms with van der Waals surface area (Å²) in [6.45, 7) is 0.201. The van der Waals surface area contributed by atoms with Gasteiger partial charge in [0.05, 0.1) is 11.5 Å². The highest BCUT2D eigenvalue weighted by molar-refractivity contribution is 8.01. The van der Waals surface area contributed by atoms with Gasteiger partial charge in [-0.1, -0.05) is 0 Å². The van der Waals surface area contributed by atoms with Gasteiger partial charge in [-0.25, -0.2) is 8.42 Å². The standard InChI is InChI=1S/C7H14O3S2/c8-3-1-4-11-7-2-5-12(9,10)6-7/h7-8H,1-6H2. The van der Waals surface area contributed by atoms with Crippen molar-refractivity contribution in [2.24, 2.45) is 0 Å². The Morgan fingerprint density at radius 2 is 2.25 bits per heavy atom. The first-order chi connectivity index (χ1) is 5.64. The molecule has 1 unspecified atom stereocenters. The number of aliphatic hydroxyl groups excluding tert-OH is 1. The summed E-state index contributed by atoms with van der Waals surface area (Å²) in [6, 6.07) is 0. The maximum atomic E-state index is 11.0. The molecule has 0 aliphatic carbocycles. The molecule has 0 radical (unpaired) electrons. The van der Waals surface area contributed by atoms with Crippen molar-refractivity contribution >= 4 is 21.6 Å². The molecule has 1 saturated heterocycles. The molecule has 1 atom stereocenters. The molecule has 1 heterocycles. The summed E-state index contributed by atoms with van der Waals surface area (Å²) >= 11 is 1.67. The summed E-state index contributed by atoms with van der Waals surface area (Å²) in [6.07, 6.45) is 1.56. The summed E-state index contributed by atoms with van der Waals surface area (Å²) in [5.41, 5.74) is 0. The smallest absolute Gasteiger partial charge is 0.151 e. The number of hydrogen-bond donors (Lipinski definition) is 1. The zero-order valence-electron chi connectivity index (χ0n) is 6.90. The Hall–Kier alpha value is 0.260. The molecule has 1 aliphatic rings. The summed E-state index contributed by atoms with van der Waals surface area (Å²) in [4.78, 5) is 0. The number of rotatable bonds is 4. The molecule has 72 valence electrons. The van der Waals surface area contributed by atoms with Crippen LogP contribution in [-0.4, -0.2) is 42.6 Å². The van der Waals surface area contributed by atoms with Crippen molar-refractivity contribution in [1.82, 2.24) is 0 Å². The minimum Gasteiger partial charge on any atom is -0.396 e. The van der Waals surface area contributed by atoms with Gasteiger partial charge >= 0.3 is 0 Å². The SMILES string of the molecule is O=S1(=O)CCC(SCCCO)C1. The summed E-state index contributed by atoms with van der Waals surface area (Å²) in [7, 11) is -2.72. The summed E-state index contributed by atoms with van der Waals surface area (Å²) in [5.74, 6) is 1.56. The Morgan fingerprint density at radius 3 is 2.75 bits per heavy atom. The Balaban J connectivity index is 2.20. The van der Waals surface area contributed by atoms with Gasteiger partial charge in [0, 0.05) is 11.9 Å². The van der Waals surface area contributed by atoms with E-state index in [1.807, 2.05) is 0 Å². The number of aliphatic hydroxyl groups is 1. The molecule has 0 bridgehead atoms. The maximum Gasteiger partial charge on any atom is 0.151 e. The largest absolute Gasteiger partial charge is 0.396 e. The fourth-order valence-electron chi connectivity index (χ4n) is 1.21. The van der Waals surface area contributed by atoms with Gasteiger partial charge in [0.25, 0.3) is 0 Å². The first kappa shape index (κ1) is 10.3. The van der Waals surface area contributed by atoms with Crippen molar-refractivity contribution in [3.63, 3.8) is 0 Å². The van der Waals surface area contributed by atoms with Crippen LogP contribution in [0.4, 0.5) is 0 Å². The van der Waals surface area contributed by atoms with Crippen LogP contribution >= 0.6 is 11.8 Å². The highest BCUT2D eigenvalue weighted by Gasteiger charge is 2.27. The van der Waals surface area contributed by atoms with Gasteiger partial charge in [0.1, 0.15) is 0 Å². The molecule has 1 rings (SSSR count). The van der Waals surface area contributed by atoms with Crippen LogP contribution in [0.5, 0.6) is 0 Å². The van der Waals surface area contributed by atoms with E-state index in [1.54, 1.807) is 11.8 Å². The van der Waals surface area contributed by atoms with E-state index >= 15 is 0 Å². The zero-order chi connectivity index (χ0) is 9.03. The third-order valence-electron chi connectivity index (χ3n) is 1.85. The van der Waals surface area contributed by atoms with Crippen LogP contribution in [0.25, 0.3) is 0 Å². The zero-order valence-corrected chi connectivity index (χ0v) is 8.53. The van der Waals surface area contributed by atoms with E-state index in [0.717, 1.165) is 18.6 Å². The van der Waals surface area contributed by atoms with Gasteiger partial charge < -0.3 is 5.11 Å². The van der Waals surface area contributed by atoms with Crippen molar-refractivity contribution in [2.75, 3.05) is 23.9 Å². The normalized spacial score (nSPS) is 27.6. The van der Waals surface area contributed by atoms with Crippen LogP contribution in [0.3, 0.4) is 0 Å². The minimum atomic E-state index is -2.72. The predicted octanol–water partition coefficient (Wildman–Crippen LogP) is 0.289. The van der Waals surface area contributed by atoms with E-state index < -0.39 is 9.84 Å². The van der Waals surface area contributed by atoms with Crippen molar-refractivity contribution in [2.45, 2.75) is 18.1 Å². The molecule has 0 amide bonds. The molecule has 0 saturated carbocycles. The lowest BCUT2D eigenvalue weighted by atomic mass is 10.4. The molecule has 1 aliphatic heterocycles. The molecule has 1 fully saturated rings. The molecule has 5 heteroatoms. The number of hydrogen-bond acceptors (Lipinski definition) is 4. The molecular weight excluding hydrogens is 196 g/mol.